The van der Waals surface area contributed by atoms with E-state index in [1.54, 1.807) is 0 Å². The minimum Gasteiger partial charge on any atom is -0.103 e. The first-order chi connectivity index (χ1) is 12.2. The second kappa shape index (κ2) is 8.67. The fourth-order valence-electron chi connectivity index (χ4n) is 3.39. The highest BCUT2D eigenvalue weighted by molar-refractivity contribution is 5.50. The van der Waals surface area contributed by atoms with Crippen LogP contribution in [0.2, 0.25) is 0 Å². The van der Waals surface area contributed by atoms with E-state index >= 15 is 0 Å². The Morgan fingerprint density at radius 3 is 2.36 bits per heavy atom. The molecule has 25 heavy (non-hydrogen) atoms. The van der Waals surface area contributed by atoms with Gasteiger partial charge in [0.25, 0.3) is 0 Å². The predicted octanol–water partition coefficient (Wildman–Crippen LogP) is 6.88. The Morgan fingerprint density at radius 1 is 0.960 bits per heavy atom. The molecule has 0 saturated heterocycles. The van der Waals surface area contributed by atoms with Crippen LogP contribution in [0.3, 0.4) is 0 Å². The van der Waals surface area contributed by atoms with Gasteiger partial charge in [-0.05, 0) is 55.2 Å². The van der Waals surface area contributed by atoms with Gasteiger partial charge in [0.1, 0.15) is 0 Å². The number of aryl methyl sites for hydroxylation is 2. The molecule has 1 aliphatic rings. The molecule has 2 atom stereocenters. The molecule has 0 N–H and O–H groups in total. The third kappa shape index (κ3) is 5.06. The molecule has 0 fully saturated rings. The van der Waals surface area contributed by atoms with Gasteiger partial charge in [0.05, 0.1) is 0 Å². The predicted molar refractivity (Wildman–Crippen MR) is 110 cm³/mol. The summed E-state index contributed by atoms with van der Waals surface area (Å²) in [5.74, 6) is 1.14. The summed E-state index contributed by atoms with van der Waals surface area (Å²) in [5, 5.41) is 0. The van der Waals surface area contributed by atoms with Crippen LogP contribution in [0.25, 0.3) is 6.08 Å². The number of allylic oxidation sites excluding steroid dienone is 4. The van der Waals surface area contributed by atoms with Gasteiger partial charge in [-0.25, -0.2) is 0 Å². The van der Waals surface area contributed by atoms with Crippen molar-refractivity contribution in [3.8, 4) is 0 Å². The van der Waals surface area contributed by atoms with E-state index in [4.69, 9.17) is 0 Å². The van der Waals surface area contributed by atoms with Gasteiger partial charge in [0, 0.05) is 5.92 Å². The lowest BCUT2D eigenvalue weighted by molar-refractivity contribution is 0.583. The Kier molecular flexibility index (Phi) is 6.06. The molecule has 2 aromatic carbocycles. The molecule has 128 valence electrons. The van der Waals surface area contributed by atoms with Crippen LogP contribution in [0, 0.1) is 12.8 Å². The zero-order valence-corrected chi connectivity index (χ0v) is 15.2. The van der Waals surface area contributed by atoms with Crippen LogP contribution in [0.15, 0.2) is 79.4 Å². The second-order valence-electron chi connectivity index (χ2n) is 7.07. The quantitative estimate of drug-likeness (QED) is 0.507. The first kappa shape index (κ1) is 17.5. The summed E-state index contributed by atoms with van der Waals surface area (Å²) in [5.41, 5.74) is 5.45. The van der Waals surface area contributed by atoms with Crippen LogP contribution >= 0.6 is 0 Å². The maximum Gasteiger partial charge on any atom is 0.00185 e. The maximum atomic E-state index is 3.79. The minimum absolute atomic E-state index is 0.558. The van der Waals surface area contributed by atoms with Gasteiger partial charge >= 0.3 is 0 Å². The molecule has 0 saturated carbocycles. The highest BCUT2D eigenvalue weighted by Gasteiger charge is 2.15. The van der Waals surface area contributed by atoms with Gasteiger partial charge in [0.2, 0.25) is 0 Å². The van der Waals surface area contributed by atoms with Crippen molar-refractivity contribution in [1.29, 1.82) is 0 Å². The monoisotopic (exact) mass is 328 g/mol. The van der Waals surface area contributed by atoms with Gasteiger partial charge < -0.3 is 0 Å². The lowest BCUT2D eigenvalue weighted by Gasteiger charge is -2.21. The molecule has 2 aromatic rings. The summed E-state index contributed by atoms with van der Waals surface area (Å²) in [6.07, 6.45) is 15.9. The van der Waals surface area contributed by atoms with Crippen molar-refractivity contribution in [2.75, 3.05) is 0 Å². The van der Waals surface area contributed by atoms with Crippen molar-refractivity contribution < 1.29 is 0 Å². The van der Waals surface area contributed by atoms with Crippen molar-refractivity contribution in [1.82, 2.24) is 0 Å². The Hall–Kier alpha value is -2.34. The number of rotatable bonds is 6. The van der Waals surface area contributed by atoms with Gasteiger partial charge in [-0.2, -0.15) is 0 Å². The second-order valence-corrected chi connectivity index (χ2v) is 7.07. The molecule has 0 bridgehead atoms. The zero-order valence-electron chi connectivity index (χ0n) is 15.2. The number of hydrogen-bond donors (Lipinski definition) is 0. The van der Waals surface area contributed by atoms with E-state index < -0.39 is 0 Å². The van der Waals surface area contributed by atoms with E-state index in [1.807, 2.05) is 6.08 Å². The Bertz CT molecular complexity index is 729. The SMILES string of the molecule is C=CCCc1ccc(C=CC2C=CC(c3ccc(C)cc3)CC2)cc1. The van der Waals surface area contributed by atoms with Crippen LogP contribution in [-0.4, -0.2) is 0 Å². The number of hydrogen-bond acceptors (Lipinski definition) is 0. The van der Waals surface area contributed by atoms with E-state index in [9.17, 15) is 0 Å². The van der Waals surface area contributed by atoms with E-state index in [2.05, 4.69) is 86.3 Å². The minimum atomic E-state index is 0.558. The highest BCUT2D eigenvalue weighted by atomic mass is 14.2. The summed E-state index contributed by atoms with van der Waals surface area (Å²) in [4.78, 5) is 0. The molecule has 0 heterocycles. The van der Waals surface area contributed by atoms with Gasteiger partial charge in [-0.15, -0.1) is 6.58 Å². The lowest BCUT2D eigenvalue weighted by atomic mass is 9.84. The molecule has 3 rings (SSSR count). The largest absolute Gasteiger partial charge is 0.103 e. The molecule has 0 amide bonds. The average molecular weight is 328 g/mol. The van der Waals surface area contributed by atoms with Crippen LogP contribution in [0.5, 0.6) is 0 Å². The van der Waals surface area contributed by atoms with Crippen LogP contribution < -0.4 is 0 Å². The molecule has 1 aliphatic carbocycles. The third-order valence-electron chi connectivity index (χ3n) is 5.06. The summed E-state index contributed by atoms with van der Waals surface area (Å²) in [7, 11) is 0. The summed E-state index contributed by atoms with van der Waals surface area (Å²) in [6, 6.07) is 17.9. The van der Waals surface area contributed by atoms with Crippen molar-refractivity contribution >= 4 is 6.08 Å². The molecule has 0 spiro atoms. The molecular formula is C25H28. The normalized spacial score (nSPS) is 20.0. The van der Waals surface area contributed by atoms with Gasteiger partial charge in [0.15, 0.2) is 0 Å². The van der Waals surface area contributed by atoms with Crippen LogP contribution in [0.1, 0.15) is 47.4 Å². The van der Waals surface area contributed by atoms with Crippen LogP contribution in [0.4, 0.5) is 0 Å². The fraction of sp³-hybridized carbons (Fsp3) is 0.280. The van der Waals surface area contributed by atoms with Gasteiger partial charge in [-0.3, -0.25) is 0 Å². The first-order valence-corrected chi connectivity index (χ1v) is 9.37. The van der Waals surface area contributed by atoms with E-state index in [0.717, 1.165) is 12.8 Å². The summed E-state index contributed by atoms with van der Waals surface area (Å²) < 4.78 is 0. The summed E-state index contributed by atoms with van der Waals surface area (Å²) in [6.45, 7) is 5.93. The first-order valence-electron chi connectivity index (χ1n) is 9.37. The Morgan fingerprint density at radius 2 is 1.72 bits per heavy atom. The molecule has 2 unspecified atom stereocenters. The van der Waals surface area contributed by atoms with Crippen LogP contribution in [-0.2, 0) is 6.42 Å². The summed E-state index contributed by atoms with van der Waals surface area (Å²) >= 11 is 0. The van der Waals surface area contributed by atoms with Crippen molar-refractivity contribution in [3.05, 3.63) is 102 Å². The van der Waals surface area contributed by atoms with E-state index in [0.29, 0.717) is 11.8 Å². The maximum absolute atomic E-state index is 3.79. The average Bonchev–Trinajstić information content (AvgIpc) is 2.67. The molecule has 0 radical (unpaired) electrons. The molecular weight excluding hydrogens is 300 g/mol. The Balaban J connectivity index is 1.57. The number of benzene rings is 2. The van der Waals surface area contributed by atoms with Crippen molar-refractivity contribution in [3.63, 3.8) is 0 Å². The zero-order chi connectivity index (χ0) is 17.5. The lowest BCUT2D eigenvalue weighted by Crippen LogP contribution is -2.05. The van der Waals surface area contributed by atoms with Gasteiger partial charge in [-0.1, -0.05) is 84.5 Å². The molecule has 0 nitrogen and oxygen atoms in total. The topological polar surface area (TPSA) is 0 Å². The molecule has 0 aromatic heterocycles. The van der Waals surface area contributed by atoms with E-state index in [1.165, 1.54) is 35.1 Å². The van der Waals surface area contributed by atoms with Crippen molar-refractivity contribution in [2.45, 2.75) is 38.5 Å². The standard InChI is InChI=1S/C25H28/c1-3-4-5-21-8-10-22(11-9-21)12-13-23-14-18-25(19-15-23)24-16-6-20(2)7-17-24/h3,6-14,16-18,23,25H,1,4-5,15,19H2,2H3. The molecule has 0 aliphatic heterocycles. The Labute approximate surface area is 152 Å². The fourth-order valence-corrected chi connectivity index (χ4v) is 3.39. The third-order valence-corrected chi connectivity index (χ3v) is 5.06. The molecule has 0 heteroatoms. The van der Waals surface area contributed by atoms with E-state index in [-0.39, 0.29) is 0 Å². The highest BCUT2D eigenvalue weighted by Crippen LogP contribution is 2.31. The van der Waals surface area contributed by atoms with Crippen molar-refractivity contribution in [2.24, 2.45) is 5.92 Å². The smallest absolute Gasteiger partial charge is 0.00185 e.